The van der Waals surface area contributed by atoms with Crippen LogP contribution in [0.15, 0.2) is 20.0 Å². The molecule has 0 spiro atoms. The molecule has 2 rings (SSSR count). The Morgan fingerprint density at radius 3 is 3.00 bits per heavy atom. The minimum atomic E-state index is -0.129. The van der Waals surface area contributed by atoms with Crippen LogP contribution < -0.4 is 5.73 Å². The molecule has 0 unspecified atom stereocenters. The van der Waals surface area contributed by atoms with Gasteiger partial charge in [0.2, 0.25) is 5.96 Å². The number of guanidine groups is 1. The molecule has 0 radical (unpaired) electrons. The van der Waals surface area contributed by atoms with Gasteiger partial charge in [-0.2, -0.15) is 9.98 Å². The fourth-order valence-electron chi connectivity index (χ4n) is 0.815. The fraction of sp³-hybridized carbons (Fsp3) is 0. The molecule has 0 aromatic carbocycles. The van der Waals surface area contributed by atoms with E-state index in [1.807, 2.05) is 0 Å². The maximum absolute atomic E-state index is 7.09. The van der Waals surface area contributed by atoms with Gasteiger partial charge in [0.25, 0.3) is 0 Å². The van der Waals surface area contributed by atoms with Crippen molar-refractivity contribution in [2.45, 2.75) is 0 Å². The summed E-state index contributed by atoms with van der Waals surface area (Å²) in [5, 5.41) is 7.09. The zero-order valence-corrected chi connectivity index (χ0v) is 5.44. The second-order valence-electron chi connectivity index (χ2n) is 1.98. The number of nitrogens with one attached hydrogen (secondary N) is 1. The zero-order valence-electron chi connectivity index (χ0n) is 5.44. The fourth-order valence-corrected chi connectivity index (χ4v) is 0.815. The molecule has 0 saturated heterocycles. The first-order valence-corrected chi connectivity index (χ1v) is 2.90. The summed E-state index contributed by atoms with van der Waals surface area (Å²) >= 11 is 0. The van der Waals surface area contributed by atoms with Crippen LogP contribution in [0.4, 0.5) is 0 Å². The van der Waals surface area contributed by atoms with E-state index in [2.05, 4.69) is 20.0 Å². The number of rotatable bonds is 0. The summed E-state index contributed by atoms with van der Waals surface area (Å²) in [4.78, 5) is 14.9. The second kappa shape index (κ2) is 1.82. The molecule has 11 heavy (non-hydrogen) atoms. The van der Waals surface area contributed by atoms with Gasteiger partial charge in [-0.05, 0) is 0 Å². The van der Waals surface area contributed by atoms with Crippen molar-refractivity contribution < 1.29 is 0 Å². The van der Waals surface area contributed by atoms with Crippen LogP contribution in [0.2, 0.25) is 0 Å². The topological polar surface area (TPSA) is 99.3 Å². The predicted molar refractivity (Wildman–Crippen MR) is 42.7 cm³/mol. The van der Waals surface area contributed by atoms with E-state index in [1.54, 1.807) is 0 Å². The van der Waals surface area contributed by atoms with Crippen molar-refractivity contribution in [2.75, 3.05) is 0 Å². The van der Waals surface area contributed by atoms with Crippen molar-refractivity contribution in [3.8, 4) is 0 Å². The van der Waals surface area contributed by atoms with Crippen molar-refractivity contribution in [1.82, 2.24) is 0 Å². The smallest absolute Gasteiger partial charge is 0.245 e. The van der Waals surface area contributed by atoms with Crippen molar-refractivity contribution in [3.05, 3.63) is 0 Å². The van der Waals surface area contributed by atoms with E-state index in [0.717, 1.165) is 0 Å². The highest BCUT2D eigenvalue weighted by Gasteiger charge is 2.20. The predicted octanol–water partition coefficient (Wildman–Crippen LogP) is -0.827. The van der Waals surface area contributed by atoms with Crippen LogP contribution >= 0.6 is 0 Å². The lowest BCUT2D eigenvalue weighted by Gasteiger charge is -2.04. The Hall–Kier alpha value is -1.85. The molecule has 0 saturated carbocycles. The lowest BCUT2D eigenvalue weighted by atomic mass is 10.3. The molecule has 6 nitrogen and oxygen atoms in total. The molecular weight excluding hydrogens is 144 g/mol. The third-order valence-corrected chi connectivity index (χ3v) is 1.26. The van der Waals surface area contributed by atoms with E-state index >= 15 is 0 Å². The number of hydrogen-bond donors (Lipinski definition) is 2. The Bertz CT molecular complexity index is 344. The number of aliphatic imine (C=N–C) groups is 4. The lowest BCUT2D eigenvalue weighted by molar-refractivity contribution is 1.35. The van der Waals surface area contributed by atoms with Gasteiger partial charge in [0.1, 0.15) is 6.34 Å². The molecule has 54 valence electrons. The Morgan fingerprint density at radius 2 is 2.18 bits per heavy atom. The summed E-state index contributed by atoms with van der Waals surface area (Å²) < 4.78 is 0. The molecule has 0 aliphatic carbocycles. The third-order valence-electron chi connectivity index (χ3n) is 1.26. The number of amidine groups is 2. The number of nitrogens with zero attached hydrogens (tertiary/aromatic N) is 4. The highest BCUT2D eigenvalue weighted by atomic mass is 15.2. The van der Waals surface area contributed by atoms with Gasteiger partial charge in [-0.25, -0.2) is 9.98 Å². The minimum absolute atomic E-state index is 0.129. The number of nitrogens with two attached hydrogens (primary N) is 1. The largest absolute Gasteiger partial charge is 0.382 e. The molecule has 2 aliphatic heterocycles. The number of hydrogen-bond acceptors (Lipinski definition) is 4. The molecular formula is C5H4N6. The first-order valence-electron chi connectivity index (χ1n) is 2.90. The maximum Gasteiger partial charge on any atom is 0.245 e. The second-order valence-corrected chi connectivity index (χ2v) is 1.98. The zero-order chi connectivity index (χ0) is 7.84. The quantitative estimate of drug-likeness (QED) is 0.460. The molecule has 0 atom stereocenters. The summed E-state index contributed by atoms with van der Waals surface area (Å²) in [5.41, 5.74) is 5.89. The van der Waals surface area contributed by atoms with Gasteiger partial charge in [-0.15, -0.1) is 0 Å². The van der Waals surface area contributed by atoms with Crippen LogP contribution in [0.3, 0.4) is 0 Å². The van der Waals surface area contributed by atoms with Gasteiger partial charge in [-0.3, -0.25) is 5.41 Å². The van der Waals surface area contributed by atoms with Crippen LogP contribution in [0, 0.1) is 5.41 Å². The summed E-state index contributed by atoms with van der Waals surface area (Å²) in [7, 11) is 0. The monoisotopic (exact) mass is 148 g/mol. The Kier molecular flexibility index (Phi) is 0.974. The van der Waals surface area contributed by atoms with Crippen molar-refractivity contribution in [3.63, 3.8) is 0 Å². The lowest BCUT2D eigenvalue weighted by Crippen LogP contribution is -2.32. The molecule has 2 heterocycles. The van der Waals surface area contributed by atoms with Gasteiger partial charge in [0, 0.05) is 0 Å². The molecule has 0 fully saturated rings. The molecule has 6 heteroatoms. The Labute approximate surface area is 61.8 Å². The summed E-state index contributed by atoms with van der Waals surface area (Å²) in [6.45, 7) is 0. The van der Waals surface area contributed by atoms with Crippen LogP contribution in [-0.4, -0.2) is 29.7 Å². The molecule has 0 bridgehead atoms. The van der Waals surface area contributed by atoms with Gasteiger partial charge < -0.3 is 5.73 Å². The first kappa shape index (κ1) is 5.90. The minimum Gasteiger partial charge on any atom is -0.382 e. The molecule has 3 N–H and O–H groups in total. The third kappa shape index (κ3) is 0.759. The molecule has 0 aromatic heterocycles. The van der Waals surface area contributed by atoms with Gasteiger partial charge in [0.15, 0.2) is 17.4 Å². The van der Waals surface area contributed by atoms with Gasteiger partial charge in [-0.1, -0.05) is 0 Å². The normalized spacial score (nSPS) is 20.7. The molecule has 0 amide bonds. The van der Waals surface area contributed by atoms with Crippen LogP contribution in [0.5, 0.6) is 0 Å². The molecule has 2 aliphatic rings. The highest BCUT2D eigenvalue weighted by molar-refractivity contribution is 6.72. The van der Waals surface area contributed by atoms with E-state index < -0.39 is 0 Å². The first-order chi connectivity index (χ1) is 5.27. The van der Waals surface area contributed by atoms with Gasteiger partial charge >= 0.3 is 0 Å². The highest BCUT2D eigenvalue weighted by Crippen LogP contribution is 2.01. The summed E-state index contributed by atoms with van der Waals surface area (Å²) in [6, 6.07) is 0. The Balaban J connectivity index is 2.54. The summed E-state index contributed by atoms with van der Waals surface area (Å²) in [6.07, 6.45) is 1.34. The Morgan fingerprint density at radius 1 is 1.36 bits per heavy atom. The number of fused-ring (bicyclic) bond motifs is 1. The van der Waals surface area contributed by atoms with Crippen LogP contribution in [0.1, 0.15) is 0 Å². The van der Waals surface area contributed by atoms with Crippen molar-refractivity contribution in [1.29, 1.82) is 5.41 Å². The summed E-state index contributed by atoms with van der Waals surface area (Å²) in [5.74, 6) is 0.454. The van der Waals surface area contributed by atoms with E-state index in [9.17, 15) is 0 Å². The van der Waals surface area contributed by atoms with Gasteiger partial charge in [0.05, 0.1) is 0 Å². The average Bonchev–Trinajstić information content (AvgIpc) is 2.34. The average molecular weight is 148 g/mol. The van der Waals surface area contributed by atoms with Crippen molar-refractivity contribution >= 4 is 29.7 Å². The van der Waals surface area contributed by atoms with Crippen LogP contribution in [-0.2, 0) is 0 Å². The maximum atomic E-state index is 7.09. The standard InChI is InChI=1S/C5H4N6/c6-3-2-4(9-1-8-2)11-5(7)10-3/h1H,(H3,6,7,10). The molecule has 0 aromatic rings. The SMILES string of the molecule is N=C1N=C(N)C2=NC=NC2=N1. The van der Waals surface area contributed by atoms with E-state index in [0.29, 0.717) is 11.5 Å². The van der Waals surface area contributed by atoms with E-state index in [1.165, 1.54) is 6.34 Å². The van der Waals surface area contributed by atoms with E-state index in [-0.39, 0.29) is 11.8 Å². The van der Waals surface area contributed by atoms with Crippen LogP contribution in [0.25, 0.3) is 0 Å². The van der Waals surface area contributed by atoms with E-state index in [4.69, 9.17) is 11.1 Å². The van der Waals surface area contributed by atoms with Crippen molar-refractivity contribution in [2.24, 2.45) is 25.7 Å².